The van der Waals surface area contributed by atoms with Crippen LogP contribution in [0.25, 0.3) is 16.6 Å². The molecule has 0 spiro atoms. The molecule has 28 heavy (non-hydrogen) atoms. The van der Waals surface area contributed by atoms with Crippen LogP contribution in [0.2, 0.25) is 0 Å². The Bertz CT molecular complexity index is 942. The van der Waals surface area contributed by atoms with Crippen LogP contribution in [0.1, 0.15) is 24.3 Å². The number of para-hydroxylation sites is 1. The van der Waals surface area contributed by atoms with Crippen molar-refractivity contribution in [3.05, 3.63) is 65.5 Å². The number of hydrogen-bond acceptors (Lipinski definition) is 3. The summed E-state index contributed by atoms with van der Waals surface area (Å²) in [6, 6.07) is 15.3. The number of fused-ring (bicyclic) bond motifs is 1. The van der Waals surface area contributed by atoms with Gasteiger partial charge in [-0.3, -0.25) is 4.90 Å². The number of nitrogens with one attached hydrogen (secondary N) is 1. The van der Waals surface area contributed by atoms with E-state index in [2.05, 4.69) is 16.8 Å². The molecule has 0 amide bonds. The van der Waals surface area contributed by atoms with Crippen molar-refractivity contribution in [2.45, 2.75) is 24.9 Å². The van der Waals surface area contributed by atoms with E-state index in [1.165, 1.54) is 10.5 Å². The van der Waals surface area contributed by atoms with Crippen molar-refractivity contribution in [1.82, 2.24) is 9.47 Å². The van der Waals surface area contributed by atoms with Gasteiger partial charge in [-0.25, -0.2) is 0 Å². The van der Waals surface area contributed by atoms with Crippen molar-refractivity contribution in [1.29, 1.82) is 0 Å². The van der Waals surface area contributed by atoms with Crippen molar-refractivity contribution < 1.29 is 13.2 Å². The van der Waals surface area contributed by atoms with Crippen molar-refractivity contribution in [2.24, 2.45) is 0 Å². The van der Waals surface area contributed by atoms with Crippen LogP contribution in [0.5, 0.6) is 0 Å². The first-order valence-corrected chi connectivity index (χ1v) is 9.32. The van der Waals surface area contributed by atoms with Crippen LogP contribution in [0.3, 0.4) is 0 Å². The summed E-state index contributed by atoms with van der Waals surface area (Å²) in [7, 11) is 0. The highest BCUT2D eigenvalue weighted by molar-refractivity contribution is 5.86. The Balaban J connectivity index is 1.62. The number of likely N-dealkylation sites (tertiary alicyclic amines) is 1. The van der Waals surface area contributed by atoms with Gasteiger partial charge < -0.3 is 15.3 Å². The SMILES string of the molecule is [O-]Nc1ccc(-n2cc(C3CCN(CC(F)(F)F)CC3)c3ccccc32)cc1. The summed E-state index contributed by atoms with van der Waals surface area (Å²) in [6.07, 6.45) is -0.630. The molecule has 7 heteroatoms. The number of piperidine rings is 1. The van der Waals surface area contributed by atoms with E-state index in [4.69, 9.17) is 0 Å². The minimum atomic E-state index is -4.14. The zero-order chi connectivity index (χ0) is 19.7. The van der Waals surface area contributed by atoms with Gasteiger partial charge in [0.1, 0.15) is 0 Å². The second-order valence-electron chi connectivity index (χ2n) is 7.29. The van der Waals surface area contributed by atoms with Gasteiger partial charge in [0, 0.05) is 23.0 Å². The van der Waals surface area contributed by atoms with Gasteiger partial charge in [0.05, 0.1) is 12.1 Å². The molecule has 1 aliphatic heterocycles. The van der Waals surface area contributed by atoms with Crippen molar-refractivity contribution in [3.63, 3.8) is 0 Å². The quantitative estimate of drug-likeness (QED) is 0.618. The van der Waals surface area contributed by atoms with Gasteiger partial charge >= 0.3 is 6.18 Å². The van der Waals surface area contributed by atoms with E-state index in [1.54, 1.807) is 12.1 Å². The highest BCUT2D eigenvalue weighted by Crippen LogP contribution is 2.36. The summed E-state index contributed by atoms with van der Waals surface area (Å²) in [4.78, 5) is 1.49. The lowest BCUT2D eigenvalue weighted by atomic mass is 9.89. The molecule has 0 atom stereocenters. The fourth-order valence-corrected chi connectivity index (χ4v) is 4.09. The van der Waals surface area contributed by atoms with Crippen LogP contribution in [0.4, 0.5) is 18.9 Å². The number of nitrogens with zero attached hydrogens (tertiary/aromatic N) is 2. The lowest BCUT2D eigenvalue weighted by Crippen LogP contribution is -2.39. The maximum absolute atomic E-state index is 12.6. The number of benzene rings is 2. The third kappa shape index (κ3) is 3.86. The van der Waals surface area contributed by atoms with Crippen molar-refractivity contribution in [3.8, 4) is 5.69 Å². The molecule has 0 radical (unpaired) electrons. The molecule has 1 aliphatic rings. The number of alkyl halides is 3. The fourth-order valence-electron chi connectivity index (χ4n) is 4.09. The Kier molecular flexibility index (Phi) is 5.03. The first-order chi connectivity index (χ1) is 13.4. The highest BCUT2D eigenvalue weighted by atomic mass is 19.4. The molecule has 1 aromatic heterocycles. The molecular formula is C21H21F3N3O-. The van der Waals surface area contributed by atoms with Gasteiger partial charge in [-0.15, -0.1) is 0 Å². The predicted octanol–water partition coefficient (Wildman–Crippen LogP) is 5.28. The van der Waals surface area contributed by atoms with E-state index in [1.807, 2.05) is 35.8 Å². The largest absolute Gasteiger partial charge is 0.761 e. The molecule has 4 nitrogen and oxygen atoms in total. The number of aromatic nitrogens is 1. The van der Waals surface area contributed by atoms with Gasteiger partial charge in [-0.1, -0.05) is 18.2 Å². The third-order valence-electron chi connectivity index (χ3n) is 5.44. The molecule has 0 bridgehead atoms. The van der Waals surface area contributed by atoms with Gasteiger partial charge in [-0.05, 0) is 67.7 Å². The summed E-state index contributed by atoms with van der Waals surface area (Å²) in [5.41, 5.74) is 5.54. The molecule has 2 aromatic carbocycles. The first-order valence-electron chi connectivity index (χ1n) is 9.32. The Hall–Kier alpha value is -2.51. The average molecular weight is 388 g/mol. The number of anilines is 1. The van der Waals surface area contributed by atoms with Gasteiger partial charge in [0.25, 0.3) is 0 Å². The van der Waals surface area contributed by atoms with Crippen LogP contribution in [-0.4, -0.2) is 35.3 Å². The molecule has 0 aliphatic carbocycles. The average Bonchev–Trinajstić information content (AvgIpc) is 3.07. The van der Waals surface area contributed by atoms with Gasteiger partial charge in [0.15, 0.2) is 0 Å². The van der Waals surface area contributed by atoms with E-state index in [0.717, 1.165) is 16.6 Å². The molecule has 0 saturated carbocycles. The third-order valence-corrected chi connectivity index (χ3v) is 5.44. The van der Waals surface area contributed by atoms with E-state index < -0.39 is 12.7 Å². The highest BCUT2D eigenvalue weighted by Gasteiger charge is 2.33. The zero-order valence-electron chi connectivity index (χ0n) is 15.2. The smallest absolute Gasteiger partial charge is 0.401 e. The summed E-state index contributed by atoms with van der Waals surface area (Å²) in [5.74, 6) is 0.234. The topological polar surface area (TPSA) is 43.3 Å². The Morgan fingerprint density at radius 3 is 2.32 bits per heavy atom. The summed E-state index contributed by atoms with van der Waals surface area (Å²) >= 11 is 0. The van der Waals surface area contributed by atoms with Crippen LogP contribution in [0, 0.1) is 5.21 Å². The maximum atomic E-state index is 12.6. The van der Waals surface area contributed by atoms with Crippen LogP contribution in [0.15, 0.2) is 54.7 Å². The van der Waals surface area contributed by atoms with Crippen molar-refractivity contribution in [2.75, 3.05) is 25.1 Å². The van der Waals surface area contributed by atoms with E-state index in [9.17, 15) is 18.4 Å². The molecule has 1 fully saturated rings. The molecule has 1 N–H and O–H groups in total. The lowest BCUT2D eigenvalue weighted by molar-refractivity contribution is -0.147. The fraction of sp³-hybridized carbons (Fsp3) is 0.333. The summed E-state index contributed by atoms with van der Waals surface area (Å²) in [6.45, 7) is 0.0721. The van der Waals surface area contributed by atoms with Gasteiger partial charge in [-0.2, -0.15) is 13.2 Å². The Morgan fingerprint density at radius 2 is 1.68 bits per heavy atom. The second kappa shape index (κ2) is 7.48. The standard InChI is InChI=1S/C21H21F3N3O/c22-21(23,24)14-26-11-9-15(10-12-26)19-13-27(20-4-2-1-3-18(19)20)17-7-5-16(25-28)6-8-17/h1-8,13,15,25H,9-12,14H2/q-1. The Morgan fingerprint density at radius 1 is 1.00 bits per heavy atom. The zero-order valence-corrected chi connectivity index (χ0v) is 15.2. The monoisotopic (exact) mass is 388 g/mol. The molecular weight excluding hydrogens is 367 g/mol. The van der Waals surface area contributed by atoms with E-state index in [0.29, 0.717) is 31.6 Å². The van der Waals surface area contributed by atoms with Crippen LogP contribution in [-0.2, 0) is 0 Å². The minimum Gasteiger partial charge on any atom is -0.761 e. The predicted molar refractivity (Wildman–Crippen MR) is 105 cm³/mol. The van der Waals surface area contributed by atoms with E-state index in [-0.39, 0.29) is 5.92 Å². The molecule has 3 aromatic rings. The van der Waals surface area contributed by atoms with Crippen LogP contribution < -0.4 is 5.48 Å². The number of halogens is 3. The summed E-state index contributed by atoms with van der Waals surface area (Å²) in [5, 5.41) is 11.9. The molecule has 0 unspecified atom stereocenters. The van der Waals surface area contributed by atoms with Gasteiger partial charge in [0.2, 0.25) is 0 Å². The Labute approximate surface area is 161 Å². The molecule has 2 heterocycles. The maximum Gasteiger partial charge on any atom is 0.401 e. The molecule has 4 rings (SSSR count). The number of rotatable bonds is 4. The summed E-state index contributed by atoms with van der Waals surface area (Å²) < 4.78 is 40.0. The van der Waals surface area contributed by atoms with Crippen LogP contribution >= 0.6 is 0 Å². The molecule has 148 valence electrons. The second-order valence-corrected chi connectivity index (χ2v) is 7.29. The minimum absolute atomic E-state index is 0.234. The molecule has 1 saturated heterocycles. The van der Waals surface area contributed by atoms with Crippen molar-refractivity contribution >= 4 is 16.6 Å². The van der Waals surface area contributed by atoms with E-state index >= 15 is 0 Å². The first kappa shape index (κ1) is 18.8. The normalized spacial score (nSPS) is 16.6. The number of hydrogen-bond donors (Lipinski definition) is 1. The lowest BCUT2D eigenvalue weighted by Gasteiger charge is -2.32.